The number of carbonyl (C=O) groups excluding carboxylic acids is 1. The highest BCUT2D eigenvalue weighted by Gasteiger charge is 2.36. The summed E-state index contributed by atoms with van der Waals surface area (Å²) in [5.74, 6) is 0.139. The van der Waals surface area contributed by atoms with Crippen LogP contribution in [-0.4, -0.2) is 43.5 Å². The summed E-state index contributed by atoms with van der Waals surface area (Å²) in [5.41, 5.74) is 0.408. The second-order valence-electron chi connectivity index (χ2n) is 6.76. The summed E-state index contributed by atoms with van der Waals surface area (Å²) in [5, 5.41) is 8.18. The number of fused-ring (bicyclic) bond motifs is 1. The minimum absolute atomic E-state index is 0.00337. The van der Waals surface area contributed by atoms with Crippen LogP contribution in [0.25, 0.3) is 4.96 Å². The van der Waals surface area contributed by atoms with Gasteiger partial charge in [0, 0.05) is 30.3 Å². The van der Waals surface area contributed by atoms with Gasteiger partial charge < -0.3 is 10.2 Å². The van der Waals surface area contributed by atoms with Gasteiger partial charge in [0.25, 0.3) is 5.56 Å². The van der Waals surface area contributed by atoms with Crippen molar-refractivity contribution in [3.63, 3.8) is 0 Å². The summed E-state index contributed by atoms with van der Waals surface area (Å²) < 4.78 is 1.31. The molecule has 7 nitrogen and oxygen atoms in total. The number of hydrogen-bond acceptors (Lipinski definition) is 6. The maximum atomic E-state index is 12.1. The van der Waals surface area contributed by atoms with Crippen molar-refractivity contribution in [2.45, 2.75) is 52.1 Å². The third-order valence-electron chi connectivity index (χ3n) is 3.92. The van der Waals surface area contributed by atoms with Crippen LogP contribution in [0, 0.1) is 0 Å². The molecular weight excluding hydrogens is 314 g/mol. The van der Waals surface area contributed by atoms with E-state index in [9.17, 15) is 9.59 Å². The Kier molecular flexibility index (Phi) is 3.87. The second kappa shape index (κ2) is 5.59. The van der Waals surface area contributed by atoms with Gasteiger partial charge in [-0.05, 0) is 27.2 Å². The van der Waals surface area contributed by atoms with Crippen LogP contribution in [0.5, 0.6) is 0 Å². The lowest BCUT2D eigenvalue weighted by molar-refractivity contribution is -0.131. The Balaban J connectivity index is 1.82. The number of hydrogen-bond donors (Lipinski definition) is 1. The molecule has 1 N–H and O–H groups in total. The molecule has 8 heteroatoms. The molecule has 23 heavy (non-hydrogen) atoms. The zero-order chi connectivity index (χ0) is 16.8. The molecule has 0 bridgehead atoms. The highest BCUT2D eigenvalue weighted by Crippen LogP contribution is 2.25. The van der Waals surface area contributed by atoms with E-state index in [1.807, 2.05) is 32.6 Å². The molecule has 3 heterocycles. The van der Waals surface area contributed by atoms with Gasteiger partial charge in [-0.15, -0.1) is 5.10 Å². The van der Waals surface area contributed by atoms with E-state index in [2.05, 4.69) is 15.4 Å². The molecule has 0 aromatic carbocycles. The Bertz CT molecular complexity index is 804. The number of aryl methyl sites for hydroxylation is 1. The van der Waals surface area contributed by atoms with Crippen molar-refractivity contribution in [1.82, 2.24) is 19.5 Å². The van der Waals surface area contributed by atoms with E-state index in [1.54, 1.807) is 0 Å². The van der Waals surface area contributed by atoms with Crippen LogP contribution in [0.4, 0.5) is 5.13 Å². The summed E-state index contributed by atoms with van der Waals surface area (Å²) in [6.45, 7) is 8.69. The Morgan fingerprint density at radius 2 is 2.13 bits per heavy atom. The van der Waals surface area contributed by atoms with Crippen LogP contribution in [0.3, 0.4) is 0 Å². The van der Waals surface area contributed by atoms with Crippen molar-refractivity contribution in [3.8, 4) is 0 Å². The molecule has 3 rings (SSSR count). The molecule has 0 saturated carbocycles. The van der Waals surface area contributed by atoms with Crippen LogP contribution in [0.2, 0.25) is 0 Å². The molecule has 1 aliphatic heterocycles. The number of anilines is 1. The summed E-state index contributed by atoms with van der Waals surface area (Å²) in [6.07, 6.45) is 1.15. The van der Waals surface area contributed by atoms with Crippen LogP contribution in [0.1, 0.15) is 39.8 Å². The molecule has 2 aromatic heterocycles. The number of aromatic nitrogens is 3. The molecule has 1 amide bonds. The van der Waals surface area contributed by atoms with Crippen molar-refractivity contribution in [2.75, 3.05) is 11.9 Å². The molecule has 1 unspecified atom stereocenters. The van der Waals surface area contributed by atoms with Gasteiger partial charge in [0.05, 0.1) is 6.04 Å². The third kappa shape index (κ3) is 3.08. The largest absolute Gasteiger partial charge is 0.355 e. The summed E-state index contributed by atoms with van der Waals surface area (Å²) in [4.78, 5) is 31.0. The molecule has 1 atom stereocenters. The minimum atomic E-state index is -0.185. The van der Waals surface area contributed by atoms with Gasteiger partial charge in [-0.2, -0.15) is 4.52 Å². The third-order valence-corrected chi connectivity index (χ3v) is 4.76. The van der Waals surface area contributed by atoms with E-state index in [0.717, 1.165) is 5.69 Å². The average molecular weight is 335 g/mol. The first-order chi connectivity index (χ1) is 10.8. The second-order valence-corrected chi connectivity index (χ2v) is 7.72. The van der Waals surface area contributed by atoms with E-state index in [0.29, 0.717) is 29.5 Å². The zero-order valence-electron chi connectivity index (χ0n) is 13.8. The topological polar surface area (TPSA) is 79.6 Å². The molecule has 0 spiro atoms. The predicted molar refractivity (Wildman–Crippen MR) is 90.0 cm³/mol. The fourth-order valence-electron chi connectivity index (χ4n) is 2.72. The first kappa shape index (κ1) is 15.9. The van der Waals surface area contributed by atoms with Gasteiger partial charge >= 0.3 is 0 Å². The van der Waals surface area contributed by atoms with Gasteiger partial charge in [0.2, 0.25) is 16.0 Å². The Morgan fingerprint density at radius 3 is 2.74 bits per heavy atom. The highest BCUT2D eigenvalue weighted by atomic mass is 32.1. The molecule has 0 radical (unpaired) electrons. The molecule has 2 aromatic rings. The molecule has 1 aliphatic rings. The number of likely N-dealkylation sites (tertiary alicyclic amines) is 1. The molecule has 0 aliphatic carbocycles. The van der Waals surface area contributed by atoms with Crippen molar-refractivity contribution < 1.29 is 4.79 Å². The fourth-order valence-corrected chi connectivity index (χ4v) is 3.62. The normalized spacial score (nSPS) is 18.9. The minimum Gasteiger partial charge on any atom is -0.355 e. The molecule has 1 saturated heterocycles. The van der Waals surface area contributed by atoms with Gasteiger partial charge in [0.15, 0.2) is 0 Å². The van der Waals surface area contributed by atoms with Crippen molar-refractivity contribution in [3.05, 3.63) is 22.1 Å². The van der Waals surface area contributed by atoms with Crippen molar-refractivity contribution in [1.29, 1.82) is 0 Å². The van der Waals surface area contributed by atoms with Crippen LogP contribution < -0.4 is 10.9 Å². The van der Waals surface area contributed by atoms with Gasteiger partial charge in [-0.25, -0.2) is 4.98 Å². The first-order valence-corrected chi connectivity index (χ1v) is 8.56. The van der Waals surface area contributed by atoms with E-state index < -0.39 is 0 Å². The lowest BCUT2D eigenvalue weighted by atomic mass is 10.1. The van der Waals surface area contributed by atoms with E-state index in [4.69, 9.17) is 0 Å². The van der Waals surface area contributed by atoms with Crippen molar-refractivity contribution in [2.24, 2.45) is 0 Å². The maximum Gasteiger partial charge on any atom is 0.275 e. The summed E-state index contributed by atoms with van der Waals surface area (Å²) >= 11 is 1.34. The highest BCUT2D eigenvalue weighted by molar-refractivity contribution is 7.20. The van der Waals surface area contributed by atoms with Crippen LogP contribution in [-0.2, 0) is 11.2 Å². The van der Waals surface area contributed by atoms with Gasteiger partial charge in [-0.1, -0.05) is 18.3 Å². The SMILES string of the molecule is CCc1cc(=O)n2nc(NC3CC(=O)N(C(C)(C)C)C3)sc2n1. The van der Waals surface area contributed by atoms with Gasteiger partial charge in [-0.3, -0.25) is 9.59 Å². The van der Waals surface area contributed by atoms with Crippen LogP contribution in [0.15, 0.2) is 10.9 Å². The number of rotatable bonds is 3. The van der Waals surface area contributed by atoms with E-state index >= 15 is 0 Å². The number of nitrogens with zero attached hydrogens (tertiary/aromatic N) is 4. The quantitative estimate of drug-likeness (QED) is 0.920. The lowest BCUT2D eigenvalue weighted by Gasteiger charge is -2.32. The number of carbonyl (C=O) groups is 1. The standard InChI is InChI=1S/C15H21N5O2S/c1-5-9-6-12(22)20-14(17-9)23-13(18-20)16-10-7-11(21)19(8-10)15(2,3)4/h6,10H,5,7-8H2,1-4H3,(H,16,18). The van der Waals surface area contributed by atoms with Crippen LogP contribution >= 0.6 is 11.3 Å². The smallest absolute Gasteiger partial charge is 0.275 e. The predicted octanol–water partition coefficient (Wildman–Crippen LogP) is 1.52. The fraction of sp³-hybridized carbons (Fsp3) is 0.600. The number of amides is 1. The Labute approximate surface area is 138 Å². The van der Waals surface area contributed by atoms with Gasteiger partial charge in [0.1, 0.15) is 0 Å². The maximum absolute atomic E-state index is 12.1. The average Bonchev–Trinajstić information content (AvgIpc) is 3.02. The first-order valence-electron chi connectivity index (χ1n) is 7.74. The lowest BCUT2D eigenvalue weighted by Crippen LogP contribution is -2.43. The molecule has 124 valence electrons. The molecule has 1 fully saturated rings. The Morgan fingerprint density at radius 1 is 1.39 bits per heavy atom. The van der Waals surface area contributed by atoms with Crippen molar-refractivity contribution >= 4 is 27.3 Å². The monoisotopic (exact) mass is 335 g/mol. The molecular formula is C15H21N5O2S. The number of nitrogens with one attached hydrogen (secondary N) is 1. The zero-order valence-corrected chi connectivity index (χ0v) is 14.6. The van der Waals surface area contributed by atoms with E-state index in [-0.39, 0.29) is 23.0 Å². The summed E-state index contributed by atoms with van der Waals surface area (Å²) in [7, 11) is 0. The summed E-state index contributed by atoms with van der Waals surface area (Å²) in [6, 6.07) is 1.51. The Hall–Kier alpha value is -1.96. The van der Waals surface area contributed by atoms with E-state index in [1.165, 1.54) is 21.9 Å².